The second-order valence-electron chi connectivity index (χ2n) is 5.57. The predicted molar refractivity (Wildman–Crippen MR) is 88.6 cm³/mol. The molecule has 0 aromatic heterocycles. The normalized spacial score (nSPS) is 12.6. The van der Waals surface area contributed by atoms with Gasteiger partial charge in [0.1, 0.15) is 0 Å². The van der Waals surface area contributed by atoms with E-state index in [0.29, 0.717) is 0 Å². The lowest BCUT2D eigenvalue weighted by Crippen LogP contribution is -2.27. The Balaban J connectivity index is 2.14. The molecule has 0 spiro atoms. The standard InChI is InChI=1S/C19H25NO/c1-15(2)21-14-13-20-19(17-10-5-4-6-11-17)18-12-8-7-9-16(18)3/h4-12,15,19-20H,13-14H2,1-3H3. The minimum Gasteiger partial charge on any atom is -0.377 e. The molecule has 0 saturated heterocycles. The van der Waals surface area contributed by atoms with Crippen LogP contribution in [0.25, 0.3) is 0 Å². The summed E-state index contributed by atoms with van der Waals surface area (Å²) in [5, 5.41) is 3.62. The van der Waals surface area contributed by atoms with E-state index in [2.05, 4.69) is 80.7 Å². The van der Waals surface area contributed by atoms with Crippen molar-refractivity contribution < 1.29 is 4.74 Å². The van der Waals surface area contributed by atoms with Crippen molar-refractivity contribution in [2.24, 2.45) is 0 Å². The lowest BCUT2D eigenvalue weighted by atomic mass is 9.95. The van der Waals surface area contributed by atoms with Gasteiger partial charge in [-0.15, -0.1) is 0 Å². The van der Waals surface area contributed by atoms with Gasteiger partial charge in [0.25, 0.3) is 0 Å². The SMILES string of the molecule is Cc1ccccc1C(NCCOC(C)C)c1ccccc1. The average molecular weight is 283 g/mol. The summed E-state index contributed by atoms with van der Waals surface area (Å²) in [6.45, 7) is 7.86. The molecular weight excluding hydrogens is 258 g/mol. The van der Waals surface area contributed by atoms with Crippen molar-refractivity contribution in [2.45, 2.75) is 32.9 Å². The van der Waals surface area contributed by atoms with Crippen LogP contribution >= 0.6 is 0 Å². The Kier molecular flexibility index (Phi) is 5.97. The van der Waals surface area contributed by atoms with Crippen molar-refractivity contribution in [3.63, 3.8) is 0 Å². The second-order valence-corrected chi connectivity index (χ2v) is 5.57. The summed E-state index contributed by atoms with van der Waals surface area (Å²) in [7, 11) is 0. The summed E-state index contributed by atoms with van der Waals surface area (Å²) < 4.78 is 5.63. The van der Waals surface area contributed by atoms with Crippen LogP contribution in [-0.4, -0.2) is 19.3 Å². The van der Waals surface area contributed by atoms with Crippen LogP contribution in [0.15, 0.2) is 54.6 Å². The van der Waals surface area contributed by atoms with Crippen molar-refractivity contribution in [2.75, 3.05) is 13.2 Å². The minimum atomic E-state index is 0.211. The fraction of sp³-hybridized carbons (Fsp3) is 0.368. The third kappa shape index (κ3) is 4.69. The van der Waals surface area contributed by atoms with Gasteiger partial charge in [-0.2, -0.15) is 0 Å². The van der Waals surface area contributed by atoms with Crippen molar-refractivity contribution >= 4 is 0 Å². The van der Waals surface area contributed by atoms with E-state index >= 15 is 0 Å². The highest BCUT2D eigenvalue weighted by atomic mass is 16.5. The van der Waals surface area contributed by atoms with Crippen LogP contribution in [0, 0.1) is 6.92 Å². The number of rotatable bonds is 7. The van der Waals surface area contributed by atoms with Gasteiger partial charge in [0.05, 0.1) is 18.8 Å². The molecule has 0 fully saturated rings. The fourth-order valence-corrected chi connectivity index (χ4v) is 2.46. The number of benzene rings is 2. The van der Waals surface area contributed by atoms with Gasteiger partial charge in [-0.25, -0.2) is 0 Å². The average Bonchev–Trinajstić information content (AvgIpc) is 2.49. The van der Waals surface area contributed by atoms with E-state index in [9.17, 15) is 0 Å². The zero-order valence-electron chi connectivity index (χ0n) is 13.2. The van der Waals surface area contributed by atoms with Crippen LogP contribution < -0.4 is 5.32 Å². The molecule has 1 N–H and O–H groups in total. The van der Waals surface area contributed by atoms with Gasteiger partial charge in [-0.1, -0.05) is 54.6 Å². The quantitative estimate of drug-likeness (QED) is 0.772. The number of aryl methyl sites for hydroxylation is 1. The van der Waals surface area contributed by atoms with Gasteiger partial charge in [0.15, 0.2) is 0 Å². The molecule has 2 heteroatoms. The lowest BCUT2D eigenvalue weighted by Gasteiger charge is -2.22. The largest absolute Gasteiger partial charge is 0.377 e. The van der Waals surface area contributed by atoms with Crippen LogP contribution in [0.3, 0.4) is 0 Å². The van der Waals surface area contributed by atoms with Crippen LogP contribution in [0.2, 0.25) is 0 Å². The molecule has 0 radical (unpaired) electrons. The first-order valence-corrected chi connectivity index (χ1v) is 7.64. The van der Waals surface area contributed by atoms with Crippen molar-refractivity contribution in [1.29, 1.82) is 0 Å². The summed E-state index contributed by atoms with van der Waals surface area (Å²) in [4.78, 5) is 0. The molecule has 0 bridgehead atoms. The van der Waals surface area contributed by atoms with E-state index < -0.39 is 0 Å². The summed E-state index contributed by atoms with van der Waals surface area (Å²) in [5.41, 5.74) is 3.92. The maximum absolute atomic E-state index is 5.63. The summed E-state index contributed by atoms with van der Waals surface area (Å²) in [6, 6.07) is 19.3. The van der Waals surface area contributed by atoms with Crippen LogP contribution in [0.4, 0.5) is 0 Å². The smallest absolute Gasteiger partial charge is 0.0594 e. The first-order valence-electron chi connectivity index (χ1n) is 7.64. The van der Waals surface area contributed by atoms with Gasteiger partial charge in [0.2, 0.25) is 0 Å². The highest BCUT2D eigenvalue weighted by Crippen LogP contribution is 2.24. The molecule has 0 saturated carbocycles. The summed E-state index contributed by atoms with van der Waals surface area (Å²) >= 11 is 0. The van der Waals surface area contributed by atoms with Crippen LogP contribution in [0.5, 0.6) is 0 Å². The maximum atomic E-state index is 5.63. The molecule has 0 aliphatic rings. The molecule has 2 aromatic rings. The molecule has 1 unspecified atom stereocenters. The Labute approximate surface area is 128 Å². The second kappa shape index (κ2) is 7.96. The molecule has 21 heavy (non-hydrogen) atoms. The molecule has 2 aromatic carbocycles. The molecular formula is C19H25NO. The molecule has 112 valence electrons. The highest BCUT2D eigenvalue weighted by molar-refractivity contribution is 5.36. The topological polar surface area (TPSA) is 21.3 Å². The minimum absolute atomic E-state index is 0.211. The molecule has 2 rings (SSSR count). The van der Waals surface area contributed by atoms with E-state index in [0.717, 1.165) is 13.2 Å². The van der Waals surface area contributed by atoms with Gasteiger partial charge in [0, 0.05) is 6.54 Å². The van der Waals surface area contributed by atoms with Gasteiger partial charge >= 0.3 is 0 Å². The van der Waals surface area contributed by atoms with Gasteiger partial charge in [-0.05, 0) is 37.5 Å². The van der Waals surface area contributed by atoms with Gasteiger partial charge < -0.3 is 10.1 Å². The van der Waals surface area contributed by atoms with Crippen LogP contribution in [0.1, 0.15) is 36.6 Å². The molecule has 1 atom stereocenters. The summed E-state index contributed by atoms with van der Waals surface area (Å²) in [5.74, 6) is 0. The summed E-state index contributed by atoms with van der Waals surface area (Å²) in [6.07, 6.45) is 0.278. The Morgan fingerprint density at radius 3 is 2.29 bits per heavy atom. The van der Waals surface area contributed by atoms with E-state index in [1.165, 1.54) is 16.7 Å². The molecule has 2 nitrogen and oxygen atoms in total. The Morgan fingerprint density at radius 2 is 1.62 bits per heavy atom. The van der Waals surface area contributed by atoms with Gasteiger partial charge in [-0.3, -0.25) is 0 Å². The van der Waals surface area contributed by atoms with Crippen molar-refractivity contribution in [3.05, 3.63) is 71.3 Å². The third-order valence-corrected chi connectivity index (χ3v) is 3.53. The zero-order chi connectivity index (χ0) is 15.1. The third-order valence-electron chi connectivity index (χ3n) is 3.53. The molecule has 0 amide bonds. The van der Waals surface area contributed by atoms with E-state index in [4.69, 9.17) is 4.74 Å². The number of hydrogen-bond acceptors (Lipinski definition) is 2. The number of nitrogens with one attached hydrogen (secondary N) is 1. The maximum Gasteiger partial charge on any atom is 0.0594 e. The number of hydrogen-bond donors (Lipinski definition) is 1. The molecule has 0 heterocycles. The highest BCUT2D eigenvalue weighted by Gasteiger charge is 2.14. The van der Waals surface area contributed by atoms with E-state index in [1.54, 1.807) is 0 Å². The first-order chi connectivity index (χ1) is 10.2. The predicted octanol–water partition coefficient (Wildman–Crippen LogP) is 4.10. The van der Waals surface area contributed by atoms with E-state index in [1.807, 2.05) is 0 Å². The number of ether oxygens (including phenoxy) is 1. The fourth-order valence-electron chi connectivity index (χ4n) is 2.46. The lowest BCUT2D eigenvalue weighted by molar-refractivity contribution is 0.0799. The molecule has 0 aliphatic carbocycles. The van der Waals surface area contributed by atoms with Crippen LogP contribution in [-0.2, 0) is 4.74 Å². The first kappa shape index (κ1) is 15.7. The molecule has 0 aliphatic heterocycles. The van der Waals surface area contributed by atoms with Crippen molar-refractivity contribution in [1.82, 2.24) is 5.32 Å². The van der Waals surface area contributed by atoms with Crippen molar-refractivity contribution in [3.8, 4) is 0 Å². The zero-order valence-corrected chi connectivity index (χ0v) is 13.2. The Hall–Kier alpha value is -1.64. The van der Waals surface area contributed by atoms with E-state index in [-0.39, 0.29) is 12.1 Å². The monoisotopic (exact) mass is 283 g/mol. The Morgan fingerprint density at radius 1 is 0.952 bits per heavy atom. The Bertz CT molecular complexity index is 536.